The molecule has 128 valence electrons. The molecule has 0 aromatic heterocycles. The maximum atomic E-state index is 12.5. The van der Waals surface area contributed by atoms with E-state index in [2.05, 4.69) is 5.32 Å². The molecule has 2 aliphatic heterocycles. The molecule has 5 atom stereocenters. The molecule has 5 nitrogen and oxygen atoms in total. The Bertz CT molecular complexity index is 500. The number of aliphatic hydroxyl groups excluding tert-OH is 1. The summed E-state index contributed by atoms with van der Waals surface area (Å²) in [6, 6.07) is 0.224. The molecule has 2 amide bonds. The van der Waals surface area contributed by atoms with E-state index in [1.807, 2.05) is 11.8 Å². The maximum Gasteiger partial charge on any atom is 0.252 e. The minimum absolute atomic E-state index is 0.0912. The van der Waals surface area contributed by atoms with Crippen molar-refractivity contribution in [3.63, 3.8) is 0 Å². The minimum Gasteiger partial charge on any atom is -0.383 e. The predicted molar refractivity (Wildman–Crippen MR) is 85.4 cm³/mol. The van der Waals surface area contributed by atoms with Crippen LogP contribution in [0.2, 0.25) is 0 Å². The number of amides is 2. The van der Waals surface area contributed by atoms with Crippen LogP contribution in [0.4, 0.5) is 0 Å². The molecule has 5 heteroatoms. The first-order chi connectivity index (χ1) is 11.1. The van der Waals surface area contributed by atoms with Crippen molar-refractivity contribution in [1.29, 1.82) is 0 Å². The molecule has 5 rings (SSSR count). The highest BCUT2D eigenvalue weighted by Crippen LogP contribution is 2.43. The normalized spacial score (nSPS) is 35.7. The standard InChI is InChI=1S/C18H28N2O3/c1-10(11-4-2-5-11)17(22)19-15-13-8-14(15)20(9-13)18(23)16(21)12-6-3-7-12/h10-16,21H,2-9H2,1H3,(H,19,22)/t10?,13-,14-,15+,16?/m0/s1. The fourth-order valence-electron chi connectivity index (χ4n) is 4.66. The zero-order valence-corrected chi connectivity index (χ0v) is 13.9. The molecule has 5 fully saturated rings. The van der Waals surface area contributed by atoms with Crippen molar-refractivity contribution in [1.82, 2.24) is 10.2 Å². The van der Waals surface area contributed by atoms with E-state index < -0.39 is 6.10 Å². The topological polar surface area (TPSA) is 69.6 Å². The van der Waals surface area contributed by atoms with Gasteiger partial charge in [0.15, 0.2) is 0 Å². The predicted octanol–water partition coefficient (Wildman–Crippen LogP) is 1.30. The Balaban J connectivity index is 1.32. The molecule has 0 aromatic rings. The Labute approximate surface area is 137 Å². The van der Waals surface area contributed by atoms with Crippen molar-refractivity contribution >= 4 is 11.8 Å². The molecule has 0 spiro atoms. The van der Waals surface area contributed by atoms with Crippen LogP contribution < -0.4 is 5.32 Å². The van der Waals surface area contributed by atoms with Crippen molar-refractivity contribution < 1.29 is 14.7 Å². The number of nitrogens with one attached hydrogen (secondary N) is 1. The van der Waals surface area contributed by atoms with Crippen molar-refractivity contribution in [2.45, 2.75) is 70.1 Å². The SMILES string of the molecule is CC(C(=O)N[C@@H]1[C@H]2C[C@@H]1N(C(=O)C(O)C1CCC1)C2)C1CCC1. The molecule has 3 aliphatic carbocycles. The van der Waals surface area contributed by atoms with Crippen LogP contribution in [0.15, 0.2) is 0 Å². The molecule has 0 aromatic carbocycles. The summed E-state index contributed by atoms with van der Waals surface area (Å²) in [4.78, 5) is 26.8. The first-order valence-electron chi connectivity index (χ1n) is 9.35. The molecular weight excluding hydrogens is 292 g/mol. The number of hydrogen-bond donors (Lipinski definition) is 2. The summed E-state index contributed by atoms with van der Waals surface area (Å²) in [5.41, 5.74) is 0. The quantitative estimate of drug-likeness (QED) is 0.802. The highest BCUT2D eigenvalue weighted by atomic mass is 16.3. The van der Waals surface area contributed by atoms with Gasteiger partial charge in [0.1, 0.15) is 6.10 Å². The van der Waals surface area contributed by atoms with Crippen molar-refractivity contribution in [2.24, 2.45) is 23.7 Å². The maximum absolute atomic E-state index is 12.5. The lowest BCUT2D eigenvalue weighted by molar-refractivity contribution is -0.145. The van der Waals surface area contributed by atoms with Gasteiger partial charge in [0.25, 0.3) is 5.91 Å². The second kappa shape index (κ2) is 5.76. The average Bonchev–Trinajstić information content (AvgIpc) is 2.98. The van der Waals surface area contributed by atoms with Crippen LogP contribution in [-0.2, 0) is 9.59 Å². The summed E-state index contributed by atoms with van der Waals surface area (Å²) < 4.78 is 0. The van der Waals surface area contributed by atoms with Gasteiger partial charge in [0.2, 0.25) is 5.91 Å². The summed E-state index contributed by atoms with van der Waals surface area (Å²) in [6.45, 7) is 2.74. The Morgan fingerprint density at radius 3 is 2.35 bits per heavy atom. The number of nitrogens with zero attached hydrogens (tertiary/aromatic N) is 1. The lowest BCUT2D eigenvalue weighted by atomic mass is 9.75. The second-order valence-electron chi connectivity index (χ2n) is 8.20. The number of rotatable bonds is 5. The number of hydrogen-bond acceptors (Lipinski definition) is 3. The molecule has 3 saturated carbocycles. The number of aliphatic hydroxyl groups is 1. The monoisotopic (exact) mass is 320 g/mol. The lowest BCUT2D eigenvalue weighted by Gasteiger charge is -2.40. The Kier molecular flexibility index (Phi) is 3.87. The second-order valence-corrected chi connectivity index (χ2v) is 8.20. The number of carbonyl (C=O) groups excluding carboxylic acids is 2. The average molecular weight is 320 g/mol. The van der Waals surface area contributed by atoms with Gasteiger partial charge in [0.05, 0.1) is 12.1 Å². The largest absolute Gasteiger partial charge is 0.383 e. The third kappa shape index (κ3) is 2.48. The van der Waals surface area contributed by atoms with E-state index in [-0.39, 0.29) is 35.7 Å². The molecule has 23 heavy (non-hydrogen) atoms. The summed E-state index contributed by atoms with van der Waals surface area (Å²) in [5, 5.41) is 13.4. The van der Waals surface area contributed by atoms with Crippen LogP contribution in [0.25, 0.3) is 0 Å². The molecule has 2 heterocycles. The first-order valence-corrected chi connectivity index (χ1v) is 9.35. The van der Waals surface area contributed by atoms with E-state index in [1.54, 1.807) is 0 Å². The minimum atomic E-state index is -0.826. The van der Waals surface area contributed by atoms with Crippen molar-refractivity contribution in [3.8, 4) is 0 Å². The fourth-order valence-corrected chi connectivity index (χ4v) is 4.66. The Morgan fingerprint density at radius 2 is 1.78 bits per heavy atom. The Morgan fingerprint density at radius 1 is 1.13 bits per heavy atom. The Hall–Kier alpha value is -1.10. The van der Waals surface area contributed by atoms with Gasteiger partial charge in [-0.2, -0.15) is 0 Å². The molecule has 2 N–H and O–H groups in total. The van der Waals surface area contributed by atoms with Gasteiger partial charge in [-0.15, -0.1) is 0 Å². The smallest absolute Gasteiger partial charge is 0.252 e. The van der Waals surface area contributed by atoms with Crippen LogP contribution in [0.3, 0.4) is 0 Å². The number of fused-ring (bicyclic) bond motifs is 1. The van der Waals surface area contributed by atoms with E-state index in [1.165, 1.54) is 19.3 Å². The molecular formula is C18H28N2O3. The van der Waals surface area contributed by atoms with Gasteiger partial charge >= 0.3 is 0 Å². The molecule has 2 saturated heterocycles. The first kappa shape index (κ1) is 15.4. The van der Waals surface area contributed by atoms with Gasteiger partial charge in [-0.25, -0.2) is 0 Å². The zero-order chi connectivity index (χ0) is 16.1. The molecule has 2 unspecified atom stereocenters. The molecule has 0 radical (unpaired) electrons. The third-order valence-electron chi connectivity index (χ3n) is 7.01. The highest BCUT2D eigenvalue weighted by Gasteiger charge is 2.55. The van der Waals surface area contributed by atoms with Gasteiger partial charge in [0, 0.05) is 18.4 Å². The van der Waals surface area contributed by atoms with Crippen LogP contribution in [0, 0.1) is 23.7 Å². The van der Waals surface area contributed by atoms with Crippen LogP contribution in [-0.4, -0.2) is 46.6 Å². The van der Waals surface area contributed by atoms with E-state index in [0.29, 0.717) is 18.4 Å². The molecule has 2 bridgehead atoms. The van der Waals surface area contributed by atoms with Gasteiger partial charge in [-0.05, 0) is 43.9 Å². The van der Waals surface area contributed by atoms with Crippen molar-refractivity contribution in [3.05, 3.63) is 0 Å². The van der Waals surface area contributed by atoms with Crippen LogP contribution >= 0.6 is 0 Å². The summed E-state index contributed by atoms with van der Waals surface area (Å²) >= 11 is 0. The zero-order valence-electron chi connectivity index (χ0n) is 13.9. The van der Waals surface area contributed by atoms with E-state index in [9.17, 15) is 14.7 Å². The van der Waals surface area contributed by atoms with Crippen molar-refractivity contribution in [2.75, 3.05) is 6.54 Å². The van der Waals surface area contributed by atoms with E-state index in [4.69, 9.17) is 0 Å². The summed E-state index contributed by atoms with van der Waals surface area (Å²) in [6.07, 6.45) is 6.80. The van der Waals surface area contributed by atoms with Crippen LogP contribution in [0.1, 0.15) is 51.9 Å². The molecule has 5 aliphatic rings. The van der Waals surface area contributed by atoms with E-state index in [0.717, 1.165) is 25.7 Å². The highest BCUT2D eigenvalue weighted by molar-refractivity contribution is 5.83. The summed E-state index contributed by atoms with van der Waals surface area (Å²) in [7, 11) is 0. The van der Waals surface area contributed by atoms with Gasteiger partial charge in [-0.3, -0.25) is 9.59 Å². The lowest BCUT2D eigenvalue weighted by Crippen LogP contribution is -2.57. The fraction of sp³-hybridized carbons (Fsp3) is 0.889. The van der Waals surface area contributed by atoms with Gasteiger partial charge in [-0.1, -0.05) is 19.8 Å². The van der Waals surface area contributed by atoms with Gasteiger partial charge < -0.3 is 15.3 Å². The third-order valence-corrected chi connectivity index (χ3v) is 7.01. The summed E-state index contributed by atoms with van der Waals surface area (Å²) in [5.74, 6) is 1.23. The van der Waals surface area contributed by atoms with E-state index >= 15 is 0 Å². The number of carbonyl (C=O) groups is 2. The van der Waals surface area contributed by atoms with Crippen LogP contribution in [0.5, 0.6) is 0 Å².